The van der Waals surface area contributed by atoms with Crippen molar-refractivity contribution in [3.63, 3.8) is 0 Å². The summed E-state index contributed by atoms with van der Waals surface area (Å²) in [6, 6.07) is 11.4. The maximum Gasteiger partial charge on any atom is 0.335 e. The summed E-state index contributed by atoms with van der Waals surface area (Å²) in [5, 5.41) is 14.3. The number of carbonyl (C=O) groups is 2. The van der Waals surface area contributed by atoms with Crippen LogP contribution in [0.2, 0.25) is 0 Å². The fourth-order valence-corrected chi connectivity index (χ4v) is 2.68. The Kier molecular flexibility index (Phi) is 5.18. The van der Waals surface area contributed by atoms with Crippen molar-refractivity contribution in [1.82, 2.24) is 0 Å². The van der Waals surface area contributed by atoms with E-state index < -0.39 is 12.0 Å². The number of amides is 2. The maximum atomic E-state index is 11.9. The number of halogens is 2. The van der Waals surface area contributed by atoms with Crippen molar-refractivity contribution >= 4 is 61.9 Å². The van der Waals surface area contributed by atoms with Crippen LogP contribution in [0.1, 0.15) is 10.4 Å². The van der Waals surface area contributed by atoms with Crippen LogP contribution in [0.25, 0.3) is 0 Å². The van der Waals surface area contributed by atoms with Crippen molar-refractivity contribution in [2.75, 3.05) is 10.6 Å². The van der Waals surface area contributed by atoms with Gasteiger partial charge in [-0.2, -0.15) is 0 Å². The third kappa shape index (κ3) is 4.71. The van der Waals surface area contributed by atoms with Gasteiger partial charge in [-0.3, -0.25) is 0 Å². The number of hydrogen-bond donors (Lipinski definition) is 3. The van der Waals surface area contributed by atoms with E-state index in [2.05, 4.69) is 49.2 Å². The number of carbonyl (C=O) groups excluding carboxylic acids is 1. The number of anilines is 2. The number of urea groups is 1. The number of rotatable bonds is 3. The summed E-state index contributed by atoms with van der Waals surface area (Å²) in [6.45, 7) is 0. The Hall–Kier alpha value is -1.61. The Labute approximate surface area is 143 Å². The molecule has 0 heterocycles. The molecule has 0 atom stereocenters. The third-order valence-corrected chi connectivity index (χ3v) is 3.61. The Bertz CT molecular complexity index is 706. The summed E-state index contributed by atoms with van der Waals surface area (Å²) in [5.74, 6) is -1.06. The zero-order chi connectivity index (χ0) is 15.4. The molecule has 3 N–H and O–H groups in total. The number of benzene rings is 2. The first-order valence-corrected chi connectivity index (χ1v) is 7.68. The molecule has 0 saturated heterocycles. The van der Waals surface area contributed by atoms with Crippen LogP contribution >= 0.6 is 38.5 Å². The van der Waals surface area contributed by atoms with Crippen molar-refractivity contribution in [3.8, 4) is 0 Å². The lowest BCUT2D eigenvalue weighted by Crippen LogP contribution is -2.19. The highest BCUT2D eigenvalue weighted by Crippen LogP contribution is 2.20. The average Bonchev–Trinajstić information content (AvgIpc) is 2.37. The van der Waals surface area contributed by atoms with Gasteiger partial charge in [0, 0.05) is 19.4 Å². The molecule has 2 amide bonds. The molecule has 0 aliphatic heterocycles. The number of aromatic carboxylic acids is 1. The van der Waals surface area contributed by atoms with Gasteiger partial charge in [-0.25, -0.2) is 9.59 Å². The van der Waals surface area contributed by atoms with Gasteiger partial charge >= 0.3 is 12.0 Å². The molecule has 0 aromatic heterocycles. The SMILES string of the molecule is O=C(Nc1cccc(I)c1)Nc1cc(Br)cc(C(=O)O)c1. The summed E-state index contributed by atoms with van der Waals surface area (Å²) in [6.07, 6.45) is 0. The largest absolute Gasteiger partial charge is 0.478 e. The smallest absolute Gasteiger partial charge is 0.335 e. The monoisotopic (exact) mass is 460 g/mol. The lowest BCUT2D eigenvalue weighted by molar-refractivity contribution is 0.0697. The van der Waals surface area contributed by atoms with E-state index in [1.807, 2.05) is 18.2 Å². The minimum absolute atomic E-state index is 0.0916. The second-order valence-electron chi connectivity index (χ2n) is 4.12. The molecule has 21 heavy (non-hydrogen) atoms. The van der Waals surface area contributed by atoms with Crippen LogP contribution in [0, 0.1) is 3.57 Å². The molecule has 0 fully saturated rings. The van der Waals surface area contributed by atoms with Gasteiger partial charge in [0.2, 0.25) is 0 Å². The van der Waals surface area contributed by atoms with Crippen LogP contribution in [0.3, 0.4) is 0 Å². The van der Waals surface area contributed by atoms with E-state index >= 15 is 0 Å². The average molecular weight is 461 g/mol. The fraction of sp³-hybridized carbons (Fsp3) is 0. The highest BCUT2D eigenvalue weighted by Gasteiger charge is 2.08. The van der Waals surface area contributed by atoms with Crippen LogP contribution in [0.4, 0.5) is 16.2 Å². The second-order valence-corrected chi connectivity index (χ2v) is 6.28. The minimum atomic E-state index is -1.06. The van der Waals surface area contributed by atoms with E-state index in [4.69, 9.17) is 5.11 Å². The minimum Gasteiger partial charge on any atom is -0.478 e. The van der Waals surface area contributed by atoms with Gasteiger partial charge in [0.25, 0.3) is 0 Å². The van der Waals surface area contributed by atoms with E-state index in [1.165, 1.54) is 12.1 Å². The Morgan fingerprint density at radius 1 is 1.05 bits per heavy atom. The van der Waals surface area contributed by atoms with Crippen molar-refractivity contribution in [2.45, 2.75) is 0 Å². The molecule has 2 rings (SSSR count). The molecule has 0 unspecified atom stereocenters. The first-order chi connectivity index (χ1) is 9.94. The molecule has 0 bridgehead atoms. The highest BCUT2D eigenvalue weighted by molar-refractivity contribution is 14.1. The molecular formula is C14H10BrIN2O3. The number of hydrogen-bond acceptors (Lipinski definition) is 2. The molecule has 7 heteroatoms. The molecule has 2 aromatic rings. The lowest BCUT2D eigenvalue weighted by Gasteiger charge is -2.09. The molecule has 2 aromatic carbocycles. The molecule has 108 valence electrons. The zero-order valence-corrected chi connectivity index (χ0v) is 14.3. The Morgan fingerprint density at radius 2 is 1.76 bits per heavy atom. The van der Waals surface area contributed by atoms with Gasteiger partial charge in [-0.15, -0.1) is 0 Å². The second kappa shape index (κ2) is 6.90. The number of carboxylic acids is 1. The van der Waals surface area contributed by atoms with E-state index in [9.17, 15) is 9.59 Å². The predicted octanol–water partition coefficient (Wildman–Crippen LogP) is 4.40. The van der Waals surface area contributed by atoms with Gasteiger partial charge in [0.05, 0.1) is 5.56 Å². The normalized spacial score (nSPS) is 10.0. The molecular weight excluding hydrogens is 451 g/mol. The summed E-state index contributed by atoms with van der Waals surface area (Å²) < 4.78 is 1.58. The Morgan fingerprint density at radius 3 is 2.43 bits per heavy atom. The fourth-order valence-electron chi connectivity index (χ4n) is 1.64. The van der Waals surface area contributed by atoms with Crippen molar-refractivity contribution in [3.05, 3.63) is 56.1 Å². The topological polar surface area (TPSA) is 78.4 Å². The molecule has 0 aliphatic rings. The summed E-state index contributed by atoms with van der Waals surface area (Å²) in [5.41, 5.74) is 1.15. The quantitative estimate of drug-likeness (QED) is 0.594. The van der Waals surface area contributed by atoms with Crippen LogP contribution in [0.5, 0.6) is 0 Å². The van der Waals surface area contributed by atoms with Crippen LogP contribution in [-0.2, 0) is 0 Å². The summed E-state index contributed by atoms with van der Waals surface area (Å²) >= 11 is 5.36. The van der Waals surface area contributed by atoms with Crippen LogP contribution in [-0.4, -0.2) is 17.1 Å². The highest BCUT2D eigenvalue weighted by atomic mass is 127. The van der Waals surface area contributed by atoms with Crippen molar-refractivity contribution in [1.29, 1.82) is 0 Å². The van der Waals surface area contributed by atoms with Gasteiger partial charge in [-0.1, -0.05) is 22.0 Å². The van der Waals surface area contributed by atoms with E-state index in [0.29, 0.717) is 15.8 Å². The van der Waals surface area contributed by atoms with Gasteiger partial charge in [-0.05, 0) is 59.0 Å². The summed E-state index contributed by atoms with van der Waals surface area (Å²) in [7, 11) is 0. The van der Waals surface area contributed by atoms with Crippen molar-refractivity contribution in [2.24, 2.45) is 0 Å². The zero-order valence-electron chi connectivity index (χ0n) is 10.6. The standard InChI is InChI=1S/C14H10BrIN2O3/c15-9-4-8(13(19)20)5-12(6-9)18-14(21)17-11-3-1-2-10(16)7-11/h1-7H,(H,19,20)(H2,17,18,21). The van der Waals surface area contributed by atoms with Gasteiger partial charge < -0.3 is 15.7 Å². The first-order valence-electron chi connectivity index (χ1n) is 5.81. The number of carboxylic acid groups (broad SMARTS) is 1. The third-order valence-electron chi connectivity index (χ3n) is 2.49. The maximum absolute atomic E-state index is 11.9. The van der Waals surface area contributed by atoms with Crippen LogP contribution < -0.4 is 10.6 Å². The number of nitrogens with one attached hydrogen (secondary N) is 2. The lowest BCUT2D eigenvalue weighted by atomic mass is 10.2. The Balaban J connectivity index is 2.11. The molecule has 0 saturated carbocycles. The van der Waals surface area contributed by atoms with E-state index in [0.717, 1.165) is 3.57 Å². The van der Waals surface area contributed by atoms with E-state index in [-0.39, 0.29) is 5.56 Å². The molecule has 0 radical (unpaired) electrons. The summed E-state index contributed by atoms with van der Waals surface area (Å²) in [4.78, 5) is 22.9. The van der Waals surface area contributed by atoms with Gasteiger partial charge in [0.1, 0.15) is 0 Å². The van der Waals surface area contributed by atoms with E-state index in [1.54, 1.807) is 12.1 Å². The molecule has 0 aliphatic carbocycles. The van der Waals surface area contributed by atoms with Crippen LogP contribution in [0.15, 0.2) is 46.9 Å². The predicted molar refractivity (Wildman–Crippen MR) is 92.9 cm³/mol. The molecule has 5 nitrogen and oxygen atoms in total. The first kappa shape index (κ1) is 15.8. The van der Waals surface area contributed by atoms with Crippen molar-refractivity contribution < 1.29 is 14.7 Å². The molecule has 0 spiro atoms. The van der Waals surface area contributed by atoms with Gasteiger partial charge in [0.15, 0.2) is 0 Å².